The summed E-state index contributed by atoms with van der Waals surface area (Å²) in [7, 11) is 0. The molecule has 0 aromatic heterocycles. The van der Waals surface area contributed by atoms with Crippen LogP contribution in [0.25, 0.3) is 0 Å². The van der Waals surface area contributed by atoms with Gasteiger partial charge in [-0.1, -0.05) is 48.5 Å². The van der Waals surface area contributed by atoms with Crippen LogP contribution in [0, 0.1) is 18.6 Å². The molecule has 0 fully saturated rings. The van der Waals surface area contributed by atoms with Crippen molar-refractivity contribution >= 4 is 17.6 Å². The molecular weight excluding hydrogens is 340 g/mol. The highest BCUT2D eigenvalue weighted by Crippen LogP contribution is 2.35. The number of phenolic OH excluding ortho intramolecular Hbond substituents is 1. The maximum absolute atomic E-state index is 13.8. The van der Waals surface area contributed by atoms with E-state index >= 15 is 0 Å². The average Bonchev–Trinajstić information content (AvgIpc) is 2.61. The maximum atomic E-state index is 13.8. The van der Waals surface area contributed by atoms with Crippen molar-refractivity contribution in [2.75, 3.05) is 4.31 Å². The highest BCUT2D eigenvalue weighted by Gasteiger charge is 2.16. The van der Waals surface area contributed by atoms with E-state index in [2.05, 4.69) is 0 Å². The lowest BCUT2D eigenvalue weighted by Crippen LogP contribution is -2.14. The van der Waals surface area contributed by atoms with Gasteiger partial charge in [-0.05, 0) is 36.1 Å². The Balaban J connectivity index is 1.98. The minimum absolute atomic E-state index is 0.352. The van der Waals surface area contributed by atoms with Crippen LogP contribution in [0.4, 0.5) is 14.5 Å². The van der Waals surface area contributed by atoms with Crippen molar-refractivity contribution in [3.63, 3.8) is 0 Å². The van der Waals surface area contributed by atoms with Crippen LogP contribution in [0.15, 0.2) is 71.6 Å². The number of hydrogen-bond donors (Lipinski definition) is 1. The van der Waals surface area contributed by atoms with Gasteiger partial charge in [-0.3, -0.25) is 0 Å². The molecule has 0 spiro atoms. The van der Waals surface area contributed by atoms with Gasteiger partial charge in [0.05, 0.1) is 12.2 Å². The Morgan fingerprint density at radius 2 is 1.52 bits per heavy atom. The van der Waals surface area contributed by atoms with Crippen molar-refractivity contribution < 1.29 is 13.9 Å². The quantitative estimate of drug-likeness (QED) is 0.593. The predicted octanol–water partition coefficient (Wildman–Crippen LogP) is 5.69. The summed E-state index contributed by atoms with van der Waals surface area (Å²) in [4.78, 5) is 0.993. The number of hydrogen-bond acceptors (Lipinski definition) is 3. The standard InChI is InChI=1S/C20H17F2NOS/c1-14-7-5-6-10-19(14)25-23(13-15-8-3-2-4-9-15)16-11-17(21)20(24)18(22)12-16/h2-12,24H,13H2,1H3. The van der Waals surface area contributed by atoms with Gasteiger partial charge in [0, 0.05) is 17.0 Å². The largest absolute Gasteiger partial charge is 0.503 e. The normalized spacial score (nSPS) is 10.7. The zero-order valence-electron chi connectivity index (χ0n) is 13.6. The summed E-state index contributed by atoms with van der Waals surface area (Å²) in [5.74, 6) is -2.90. The van der Waals surface area contributed by atoms with E-state index in [-0.39, 0.29) is 0 Å². The van der Waals surface area contributed by atoms with Crippen molar-refractivity contribution in [2.45, 2.75) is 18.4 Å². The first kappa shape index (κ1) is 17.3. The van der Waals surface area contributed by atoms with Crippen LogP contribution in [-0.2, 0) is 6.54 Å². The maximum Gasteiger partial charge on any atom is 0.187 e. The summed E-state index contributed by atoms with van der Waals surface area (Å²) in [6.45, 7) is 2.45. The van der Waals surface area contributed by atoms with E-state index in [4.69, 9.17) is 0 Å². The third kappa shape index (κ3) is 4.12. The lowest BCUT2D eigenvalue weighted by Gasteiger charge is -2.24. The summed E-state index contributed by atoms with van der Waals surface area (Å²) in [6, 6.07) is 19.8. The Kier molecular flexibility index (Phi) is 5.24. The molecule has 5 heteroatoms. The summed E-state index contributed by atoms with van der Waals surface area (Å²) in [5, 5.41) is 9.36. The second-order valence-corrected chi connectivity index (χ2v) is 6.70. The highest BCUT2D eigenvalue weighted by molar-refractivity contribution is 8.00. The summed E-state index contributed by atoms with van der Waals surface area (Å²) in [6.07, 6.45) is 0. The first-order chi connectivity index (χ1) is 12.0. The molecule has 0 saturated carbocycles. The fraction of sp³-hybridized carbons (Fsp3) is 0.100. The molecule has 0 aliphatic carbocycles. The third-order valence-electron chi connectivity index (χ3n) is 3.76. The van der Waals surface area contributed by atoms with Gasteiger partial charge >= 0.3 is 0 Å². The van der Waals surface area contributed by atoms with Crippen LogP contribution < -0.4 is 4.31 Å². The second-order valence-electron chi connectivity index (χ2n) is 5.64. The number of benzene rings is 3. The van der Waals surface area contributed by atoms with Gasteiger partial charge in [0.15, 0.2) is 17.4 Å². The molecule has 1 N–H and O–H groups in total. The molecular formula is C20H17F2NOS. The average molecular weight is 357 g/mol. The molecule has 0 bridgehead atoms. The Labute approximate surface area is 149 Å². The van der Waals surface area contributed by atoms with Crippen LogP contribution in [0.2, 0.25) is 0 Å². The minimum Gasteiger partial charge on any atom is -0.503 e. The monoisotopic (exact) mass is 357 g/mol. The van der Waals surface area contributed by atoms with E-state index in [0.717, 1.165) is 28.2 Å². The number of aromatic hydroxyl groups is 1. The summed E-state index contributed by atoms with van der Waals surface area (Å²) in [5.41, 5.74) is 2.44. The molecule has 0 unspecified atom stereocenters. The molecule has 25 heavy (non-hydrogen) atoms. The minimum atomic E-state index is -0.974. The summed E-state index contributed by atoms with van der Waals surface area (Å²) >= 11 is 1.40. The Morgan fingerprint density at radius 3 is 2.16 bits per heavy atom. The lowest BCUT2D eigenvalue weighted by atomic mass is 10.2. The topological polar surface area (TPSA) is 23.5 Å². The van der Waals surface area contributed by atoms with E-state index in [9.17, 15) is 13.9 Å². The number of nitrogens with zero attached hydrogens (tertiary/aromatic N) is 1. The second kappa shape index (κ2) is 7.57. The van der Waals surface area contributed by atoms with Crippen molar-refractivity contribution in [1.82, 2.24) is 0 Å². The number of rotatable bonds is 5. The molecule has 0 aliphatic heterocycles. The van der Waals surface area contributed by atoms with Gasteiger partial charge in [0.25, 0.3) is 0 Å². The highest BCUT2D eigenvalue weighted by atomic mass is 32.2. The molecule has 0 atom stereocenters. The first-order valence-corrected chi connectivity index (χ1v) is 8.55. The number of anilines is 1. The number of halogens is 2. The van der Waals surface area contributed by atoms with Crippen molar-refractivity contribution in [3.8, 4) is 5.75 Å². The van der Waals surface area contributed by atoms with Gasteiger partial charge < -0.3 is 9.41 Å². The van der Waals surface area contributed by atoms with E-state index in [1.54, 1.807) is 0 Å². The predicted molar refractivity (Wildman–Crippen MR) is 97.7 cm³/mol. The molecule has 0 saturated heterocycles. The number of aryl methyl sites for hydroxylation is 1. The molecule has 0 heterocycles. The van der Waals surface area contributed by atoms with Crippen LogP contribution in [0.1, 0.15) is 11.1 Å². The molecule has 3 aromatic rings. The van der Waals surface area contributed by atoms with E-state index in [0.29, 0.717) is 12.2 Å². The van der Waals surface area contributed by atoms with Gasteiger partial charge in [0.2, 0.25) is 0 Å². The van der Waals surface area contributed by atoms with Crippen molar-refractivity contribution in [1.29, 1.82) is 0 Å². The molecule has 3 rings (SSSR count). The Morgan fingerprint density at radius 1 is 0.920 bits per heavy atom. The molecule has 3 aromatic carbocycles. The number of phenols is 1. The SMILES string of the molecule is Cc1ccccc1SN(Cc1ccccc1)c1cc(F)c(O)c(F)c1. The smallest absolute Gasteiger partial charge is 0.187 e. The van der Waals surface area contributed by atoms with Gasteiger partial charge in [-0.25, -0.2) is 8.78 Å². The van der Waals surface area contributed by atoms with Crippen molar-refractivity contribution in [3.05, 3.63) is 89.5 Å². The lowest BCUT2D eigenvalue weighted by molar-refractivity contribution is 0.396. The molecule has 0 amide bonds. The Bertz CT molecular complexity index is 848. The zero-order chi connectivity index (χ0) is 17.8. The molecule has 0 aliphatic rings. The molecule has 2 nitrogen and oxygen atoms in total. The van der Waals surface area contributed by atoms with Crippen molar-refractivity contribution in [2.24, 2.45) is 0 Å². The van der Waals surface area contributed by atoms with Crippen LogP contribution in [0.5, 0.6) is 5.75 Å². The van der Waals surface area contributed by atoms with Crippen LogP contribution in [-0.4, -0.2) is 5.11 Å². The van der Waals surface area contributed by atoms with E-state index in [1.807, 2.05) is 65.8 Å². The van der Waals surface area contributed by atoms with Gasteiger partial charge in [0.1, 0.15) is 0 Å². The first-order valence-electron chi connectivity index (χ1n) is 7.77. The third-order valence-corrected chi connectivity index (χ3v) is 4.98. The summed E-state index contributed by atoms with van der Waals surface area (Å²) < 4.78 is 29.5. The van der Waals surface area contributed by atoms with Crippen LogP contribution >= 0.6 is 11.9 Å². The fourth-order valence-electron chi connectivity index (χ4n) is 2.40. The fourth-order valence-corrected chi connectivity index (χ4v) is 3.41. The van der Waals surface area contributed by atoms with Gasteiger partial charge in [-0.2, -0.15) is 0 Å². The Hall–Kier alpha value is -2.53. The van der Waals surface area contributed by atoms with Crippen LogP contribution in [0.3, 0.4) is 0 Å². The van der Waals surface area contributed by atoms with E-state index < -0.39 is 17.4 Å². The molecule has 128 valence electrons. The zero-order valence-corrected chi connectivity index (χ0v) is 14.4. The van der Waals surface area contributed by atoms with E-state index in [1.165, 1.54) is 11.9 Å². The molecule has 0 radical (unpaired) electrons. The van der Waals surface area contributed by atoms with Gasteiger partial charge in [-0.15, -0.1) is 0 Å².